The zero-order valence-electron chi connectivity index (χ0n) is 13.6. The third-order valence-electron chi connectivity index (χ3n) is 3.97. The van der Waals surface area contributed by atoms with Crippen LogP contribution in [0.4, 0.5) is 0 Å². The van der Waals surface area contributed by atoms with Crippen molar-refractivity contribution in [2.24, 2.45) is 0 Å². The Labute approximate surface area is 129 Å². The Morgan fingerprint density at radius 3 is 2.38 bits per heavy atom. The lowest BCUT2D eigenvalue weighted by molar-refractivity contribution is -0.685. The molecule has 0 N–H and O–H groups in total. The van der Waals surface area contributed by atoms with Crippen LogP contribution in [0, 0.1) is 0 Å². The quantitative estimate of drug-likeness (QED) is 0.461. The molecular weight excluding hydrogens is 256 g/mol. The van der Waals surface area contributed by atoms with Gasteiger partial charge in [0, 0.05) is 0 Å². The lowest BCUT2D eigenvalue weighted by Crippen LogP contribution is -2.34. The van der Waals surface area contributed by atoms with Gasteiger partial charge < -0.3 is 0 Å². The fourth-order valence-corrected chi connectivity index (χ4v) is 2.87. The number of aryl methyl sites for hydroxylation is 2. The molecule has 2 rings (SSSR count). The van der Waals surface area contributed by atoms with Gasteiger partial charge in [-0.25, -0.2) is 9.13 Å². The molecule has 0 aliphatic heterocycles. The summed E-state index contributed by atoms with van der Waals surface area (Å²) in [6, 6.07) is 10.8. The van der Waals surface area contributed by atoms with Crippen LogP contribution < -0.4 is 4.57 Å². The van der Waals surface area contributed by atoms with E-state index in [0.717, 1.165) is 13.1 Å². The summed E-state index contributed by atoms with van der Waals surface area (Å²) in [6.45, 7) is 6.73. The van der Waals surface area contributed by atoms with Gasteiger partial charge in [-0.05, 0) is 31.4 Å². The molecule has 2 aromatic rings. The van der Waals surface area contributed by atoms with Gasteiger partial charge in [0.15, 0.2) is 0 Å². The molecule has 0 amide bonds. The third-order valence-corrected chi connectivity index (χ3v) is 3.97. The van der Waals surface area contributed by atoms with Crippen molar-refractivity contribution in [1.29, 1.82) is 0 Å². The van der Waals surface area contributed by atoms with Crippen molar-refractivity contribution < 1.29 is 4.57 Å². The van der Waals surface area contributed by atoms with Crippen LogP contribution in [0.2, 0.25) is 0 Å². The van der Waals surface area contributed by atoms with Crippen LogP contribution in [0.1, 0.15) is 52.4 Å². The van der Waals surface area contributed by atoms with E-state index in [1.54, 1.807) is 0 Å². The van der Waals surface area contributed by atoms with E-state index in [4.69, 9.17) is 0 Å². The van der Waals surface area contributed by atoms with Gasteiger partial charge in [0.25, 0.3) is 5.82 Å². The van der Waals surface area contributed by atoms with E-state index in [1.165, 1.54) is 49.9 Å². The largest absolute Gasteiger partial charge is 0.288 e. The molecule has 0 bridgehead atoms. The molecule has 21 heavy (non-hydrogen) atoms. The SMILES string of the molecule is CCCCCCCn1cc[n+](CCC)c1-c1ccccc1. The minimum atomic E-state index is 1.09. The molecule has 0 saturated carbocycles. The number of imidazole rings is 1. The van der Waals surface area contributed by atoms with Gasteiger partial charge in [-0.1, -0.05) is 51.3 Å². The van der Waals surface area contributed by atoms with Crippen molar-refractivity contribution >= 4 is 0 Å². The number of hydrogen-bond acceptors (Lipinski definition) is 0. The highest BCUT2D eigenvalue weighted by molar-refractivity contribution is 5.52. The predicted octanol–water partition coefficient (Wildman–Crippen LogP) is 4.82. The fourth-order valence-electron chi connectivity index (χ4n) is 2.87. The molecule has 1 aromatic carbocycles. The summed E-state index contributed by atoms with van der Waals surface area (Å²) < 4.78 is 4.82. The summed E-state index contributed by atoms with van der Waals surface area (Å²) in [6.07, 6.45) is 12.3. The number of benzene rings is 1. The predicted molar refractivity (Wildman–Crippen MR) is 89.1 cm³/mol. The van der Waals surface area contributed by atoms with Gasteiger partial charge in [0.1, 0.15) is 12.4 Å². The highest BCUT2D eigenvalue weighted by Crippen LogP contribution is 2.17. The molecule has 0 atom stereocenters. The van der Waals surface area contributed by atoms with Crippen LogP contribution >= 0.6 is 0 Å². The summed E-state index contributed by atoms with van der Waals surface area (Å²) in [4.78, 5) is 0. The average Bonchev–Trinajstić information content (AvgIpc) is 2.91. The number of rotatable bonds is 9. The molecule has 0 aliphatic carbocycles. The molecule has 0 saturated heterocycles. The van der Waals surface area contributed by atoms with E-state index in [-0.39, 0.29) is 0 Å². The number of hydrogen-bond donors (Lipinski definition) is 0. The van der Waals surface area contributed by atoms with Crippen molar-refractivity contribution in [2.75, 3.05) is 0 Å². The molecule has 1 heterocycles. The van der Waals surface area contributed by atoms with Crippen molar-refractivity contribution in [1.82, 2.24) is 4.57 Å². The van der Waals surface area contributed by atoms with Gasteiger partial charge in [0.05, 0.1) is 18.7 Å². The second-order valence-corrected chi connectivity index (χ2v) is 5.79. The first kappa shape index (κ1) is 15.8. The highest BCUT2D eigenvalue weighted by Gasteiger charge is 2.18. The van der Waals surface area contributed by atoms with Gasteiger partial charge in [-0.15, -0.1) is 0 Å². The van der Waals surface area contributed by atoms with Crippen LogP contribution in [0.5, 0.6) is 0 Å². The van der Waals surface area contributed by atoms with E-state index in [1.807, 2.05) is 0 Å². The van der Waals surface area contributed by atoms with Crippen molar-refractivity contribution in [3.63, 3.8) is 0 Å². The van der Waals surface area contributed by atoms with Gasteiger partial charge in [-0.3, -0.25) is 0 Å². The van der Waals surface area contributed by atoms with Crippen LogP contribution in [0.25, 0.3) is 11.4 Å². The van der Waals surface area contributed by atoms with Crippen molar-refractivity contribution in [3.8, 4) is 11.4 Å². The Balaban J connectivity index is 2.10. The first-order valence-electron chi connectivity index (χ1n) is 8.50. The maximum Gasteiger partial charge on any atom is 0.288 e. The average molecular weight is 285 g/mol. The molecule has 1 aromatic heterocycles. The van der Waals surface area contributed by atoms with E-state index in [2.05, 4.69) is 65.7 Å². The van der Waals surface area contributed by atoms with Crippen molar-refractivity contribution in [2.45, 2.75) is 65.5 Å². The first-order chi connectivity index (χ1) is 10.4. The fraction of sp³-hybridized carbons (Fsp3) is 0.526. The molecule has 114 valence electrons. The zero-order valence-corrected chi connectivity index (χ0v) is 13.6. The van der Waals surface area contributed by atoms with Gasteiger partial charge >= 0.3 is 0 Å². The first-order valence-corrected chi connectivity index (χ1v) is 8.50. The van der Waals surface area contributed by atoms with Gasteiger partial charge in [0.2, 0.25) is 0 Å². The molecule has 0 spiro atoms. The van der Waals surface area contributed by atoms with Crippen LogP contribution in [0.15, 0.2) is 42.7 Å². The smallest absolute Gasteiger partial charge is 0.230 e. The Hall–Kier alpha value is -1.57. The topological polar surface area (TPSA) is 8.81 Å². The maximum absolute atomic E-state index is 2.43. The Morgan fingerprint density at radius 2 is 1.67 bits per heavy atom. The van der Waals surface area contributed by atoms with E-state index >= 15 is 0 Å². The maximum atomic E-state index is 2.43. The van der Waals surface area contributed by atoms with Crippen LogP contribution in [0.3, 0.4) is 0 Å². The van der Waals surface area contributed by atoms with E-state index < -0.39 is 0 Å². The summed E-state index contributed by atoms with van der Waals surface area (Å²) >= 11 is 0. The summed E-state index contributed by atoms with van der Waals surface area (Å²) in [5.41, 5.74) is 1.32. The Bertz CT molecular complexity index is 514. The Morgan fingerprint density at radius 1 is 0.905 bits per heavy atom. The number of aromatic nitrogens is 2. The van der Waals surface area contributed by atoms with Crippen LogP contribution in [-0.2, 0) is 13.1 Å². The molecule has 0 unspecified atom stereocenters. The second kappa shape index (κ2) is 8.66. The minimum absolute atomic E-state index is 1.09. The lowest BCUT2D eigenvalue weighted by atomic mass is 10.1. The molecular formula is C19H29N2+. The molecule has 2 heteroatoms. The third kappa shape index (κ3) is 4.45. The van der Waals surface area contributed by atoms with Crippen LogP contribution in [-0.4, -0.2) is 4.57 Å². The van der Waals surface area contributed by atoms with E-state index in [0.29, 0.717) is 0 Å². The normalized spacial score (nSPS) is 11.0. The second-order valence-electron chi connectivity index (χ2n) is 5.79. The molecule has 0 fully saturated rings. The molecule has 0 aliphatic rings. The zero-order chi connectivity index (χ0) is 14.9. The standard InChI is InChI=1S/C19H29N2/c1-3-5-6-7-11-15-21-17-16-20(14-4-2)19(21)18-12-9-8-10-13-18/h8-10,12-13,16-17H,3-7,11,14-15H2,1-2H3/q+1. The number of unbranched alkanes of at least 4 members (excludes halogenated alkanes) is 4. The Kier molecular flexibility index (Phi) is 6.52. The lowest BCUT2D eigenvalue weighted by Gasteiger charge is -2.05. The van der Waals surface area contributed by atoms with E-state index in [9.17, 15) is 0 Å². The van der Waals surface area contributed by atoms with Crippen molar-refractivity contribution in [3.05, 3.63) is 42.7 Å². The highest BCUT2D eigenvalue weighted by atomic mass is 15.1. The summed E-state index contributed by atoms with van der Waals surface area (Å²) in [5.74, 6) is 1.35. The molecule has 0 radical (unpaired) electrons. The monoisotopic (exact) mass is 285 g/mol. The van der Waals surface area contributed by atoms with Gasteiger partial charge in [-0.2, -0.15) is 0 Å². The number of nitrogens with zero attached hydrogens (tertiary/aromatic N) is 2. The minimum Gasteiger partial charge on any atom is -0.230 e. The molecule has 2 nitrogen and oxygen atoms in total. The summed E-state index contributed by atoms with van der Waals surface area (Å²) in [5, 5.41) is 0. The summed E-state index contributed by atoms with van der Waals surface area (Å²) in [7, 11) is 0.